The number of hydrogen-bond donors (Lipinski definition) is 0. The van der Waals surface area contributed by atoms with Gasteiger partial charge in [0.25, 0.3) is 0 Å². The first-order valence-electron chi connectivity index (χ1n) is 18.0. The number of esters is 4. The summed E-state index contributed by atoms with van der Waals surface area (Å²) >= 11 is 0. The van der Waals surface area contributed by atoms with Gasteiger partial charge in [-0.25, -0.2) is 9.59 Å². The topological polar surface area (TPSA) is 105 Å². The molecule has 3 rings (SSSR count). The van der Waals surface area contributed by atoms with Crippen LogP contribution in [0.3, 0.4) is 0 Å². The fourth-order valence-electron chi connectivity index (χ4n) is 5.55. The number of hydrogen-bond acceptors (Lipinski definition) is 8. The largest absolute Gasteiger partial charge is 0.462 e. The Hall–Kier alpha value is -4.98. The standard InChI is InChI=1S/C44H54O8/c1-31(2)41(47)49-29-13-9-11-15-39(45)51-37-25-21-35(22-26-37)43(5,6)33-17-19-34(20-18-33)44(7,8)36-23-27-38(28-24-36)52-40(46)16-12-10-14-30-50-42(48)32(3)4/h17-28H,1,3,9-16,29-30H2,2,4-8H3. The molecular formula is C44H54O8. The Balaban J connectivity index is 1.48. The summed E-state index contributed by atoms with van der Waals surface area (Å²) in [5.41, 5.74) is 4.67. The van der Waals surface area contributed by atoms with Crippen LogP contribution >= 0.6 is 0 Å². The molecule has 0 atom stereocenters. The summed E-state index contributed by atoms with van der Waals surface area (Å²) in [6.45, 7) is 19.6. The molecule has 8 nitrogen and oxygen atoms in total. The highest BCUT2D eigenvalue weighted by molar-refractivity contribution is 5.87. The highest BCUT2D eigenvalue weighted by Gasteiger charge is 2.27. The number of benzene rings is 3. The summed E-state index contributed by atoms with van der Waals surface area (Å²) in [5.74, 6) is -0.346. The van der Waals surface area contributed by atoms with E-state index in [2.05, 4.69) is 65.1 Å². The van der Waals surface area contributed by atoms with E-state index in [0.29, 0.717) is 74.4 Å². The van der Waals surface area contributed by atoms with Gasteiger partial charge in [0.15, 0.2) is 0 Å². The van der Waals surface area contributed by atoms with Crippen LogP contribution in [0.25, 0.3) is 0 Å². The summed E-state index contributed by atoms with van der Waals surface area (Å²) in [5, 5.41) is 0. The van der Waals surface area contributed by atoms with Crippen molar-refractivity contribution < 1.29 is 38.1 Å². The monoisotopic (exact) mass is 710 g/mol. The first-order valence-corrected chi connectivity index (χ1v) is 18.0. The van der Waals surface area contributed by atoms with Crippen molar-refractivity contribution in [3.8, 4) is 11.5 Å². The van der Waals surface area contributed by atoms with Gasteiger partial charge in [-0.1, -0.05) is 89.4 Å². The van der Waals surface area contributed by atoms with Crippen molar-refractivity contribution in [1.82, 2.24) is 0 Å². The Kier molecular flexibility index (Phi) is 15.6. The van der Waals surface area contributed by atoms with Crippen molar-refractivity contribution in [1.29, 1.82) is 0 Å². The van der Waals surface area contributed by atoms with E-state index in [9.17, 15) is 19.2 Å². The Morgan fingerprint density at radius 1 is 0.481 bits per heavy atom. The third-order valence-electron chi connectivity index (χ3n) is 9.16. The SMILES string of the molecule is C=C(C)C(=O)OCCCCCC(=O)Oc1ccc(C(C)(C)c2ccc(C(C)(C)c3ccc(OC(=O)CCCCCOC(=O)C(=C)C)cc3)cc2)cc1. The lowest BCUT2D eigenvalue weighted by Crippen LogP contribution is -2.21. The molecule has 0 aliphatic rings. The third kappa shape index (κ3) is 12.7. The fourth-order valence-corrected chi connectivity index (χ4v) is 5.55. The van der Waals surface area contributed by atoms with Crippen molar-refractivity contribution in [3.63, 3.8) is 0 Å². The molecule has 0 unspecified atom stereocenters. The summed E-state index contributed by atoms with van der Waals surface area (Å²) in [4.78, 5) is 47.6. The smallest absolute Gasteiger partial charge is 0.333 e. The second kappa shape index (κ2) is 19.6. The van der Waals surface area contributed by atoms with E-state index in [1.807, 2.05) is 48.5 Å². The van der Waals surface area contributed by atoms with E-state index in [-0.39, 0.29) is 22.8 Å². The average molecular weight is 711 g/mol. The maximum Gasteiger partial charge on any atom is 0.333 e. The summed E-state index contributed by atoms with van der Waals surface area (Å²) in [7, 11) is 0. The second-order valence-corrected chi connectivity index (χ2v) is 14.3. The molecule has 0 spiro atoms. The molecule has 0 N–H and O–H groups in total. The zero-order valence-electron chi connectivity index (χ0n) is 31.7. The van der Waals surface area contributed by atoms with Crippen LogP contribution in [0, 0.1) is 0 Å². The van der Waals surface area contributed by atoms with Crippen molar-refractivity contribution in [2.45, 2.75) is 104 Å². The molecule has 0 saturated heterocycles. The van der Waals surface area contributed by atoms with E-state index >= 15 is 0 Å². The minimum Gasteiger partial charge on any atom is -0.462 e. The molecule has 0 heterocycles. The van der Waals surface area contributed by atoms with Crippen LogP contribution in [0.4, 0.5) is 0 Å². The van der Waals surface area contributed by atoms with E-state index in [1.165, 1.54) is 0 Å². The molecule has 0 aliphatic carbocycles. The first kappa shape index (κ1) is 41.4. The summed E-state index contributed by atoms with van der Waals surface area (Å²) < 4.78 is 21.2. The average Bonchev–Trinajstić information content (AvgIpc) is 3.11. The van der Waals surface area contributed by atoms with Crippen molar-refractivity contribution in [3.05, 3.63) is 119 Å². The summed E-state index contributed by atoms with van der Waals surface area (Å²) in [6.07, 6.45) is 4.78. The highest BCUT2D eigenvalue weighted by Crippen LogP contribution is 2.36. The molecule has 3 aromatic carbocycles. The molecule has 0 aliphatic heterocycles. The maximum absolute atomic E-state index is 12.4. The van der Waals surface area contributed by atoms with Gasteiger partial charge in [-0.2, -0.15) is 0 Å². The number of rotatable bonds is 20. The fraction of sp³-hybridized carbons (Fsp3) is 0.409. The Morgan fingerprint density at radius 2 is 0.769 bits per heavy atom. The molecule has 0 bridgehead atoms. The molecule has 0 aromatic heterocycles. The van der Waals surface area contributed by atoms with Crippen molar-refractivity contribution >= 4 is 23.9 Å². The van der Waals surface area contributed by atoms with Gasteiger partial charge in [-0.05, 0) is 98.9 Å². The van der Waals surface area contributed by atoms with Crippen molar-refractivity contribution in [2.75, 3.05) is 13.2 Å². The van der Waals surface area contributed by atoms with Gasteiger partial charge in [-0.15, -0.1) is 0 Å². The van der Waals surface area contributed by atoms with Crippen LogP contribution in [0.1, 0.15) is 115 Å². The predicted molar refractivity (Wildman–Crippen MR) is 203 cm³/mol. The summed E-state index contributed by atoms with van der Waals surface area (Å²) in [6, 6.07) is 23.9. The molecule has 52 heavy (non-hydrogen) atoms. The lowest BCUT2D eigenvalue weighted by atomic mass is 9.74. The number of ether oxygens (including phenoxy) is 4. The van der Waals surface area contributed by atoms with E-state index < -0.39 is 11.9 Å². The van der Waals surface area contributed by atoms with Gasteiger partial charge < -0.3 is 18.9 Å². The first-order chi connectivity index (χ1) is 24.6. The van der Waals surface area contributed by atoms with Gasteiger partial charge >= 0.3 is 23.9 Å². The molecule has 0 radical (unpaired) electrons. The normalized spacial score (nSPS) is 11.3. The van der Waals surface area contributed by atoms with E-state index in [4.69, 9.17) is 18.9 Å². The Morgan fingerprint density at radius 3 is 1.06 bits per heavy atom. The van der Waals surface area contributed by atoms with Gasteiger partial charge in [0.2, 0.25) is 0 Å². The van der Waals surface area contributed by atoms with Crippen molar-refractivity contribution in [2.24, 2.45) is 0 Å². The molecule has 8 heteroatoms. The van der Waals surface area contributed by atoms with Crippen LogP contribution in [-0.2, 0) is 39.5 Å². The minimum atomic E-state index is -0.393. The van der Waals surface area contributed by atoms with Gasteiger partial charge in [0.05, 0.1) is 13.2 Å². The van der Waals surface area contributed by atoms with Gasteiger partial charge in [0.1, 0.15) is 11.5 Å². The predicted octanol–water partition coefficient (Wildman–Crippen LogP) is 9.51. The van der Waals surface area contributed by atoms with E-state index in [1.54, 1.807) is 13.8 Å². The molecule has 278 valence electrons. The van der Waals surface area contributed by atoms with Crippen LogP contribution < -0.4 is 9.47 Å². The molecule has 3 aromatic rings. The van der Waals surface area contributed by atoms with Gasteiger partial charge in [-0.3, -0.25) is 9.59 Å². The quantitative estimate of drug-likeness (QED) is 0.0494. The van der Waals surface area contributed by atoms with Crippen LogP contribution in [-0.4, -0.2) is 37.1 Å². The molecule has 0 fully saturated rings. The molecular weight excluding hydrogens is 656 g/mol. The van der Waals surface area contributed by atoms with E-state index in [0.717, 1.165) is 35.1 Å². The number of carbonyl (C=O) groups excluding carboxylic acids is 4. The van der Waals surface area contributed by atoms with Crippen LogP contribution in [0.5, 0.6) is 11.5 Å². The third-order valence-corrected chi connectivity index (χ3v) is 9.16. The zero-order valence-corrected chi connectivity index (χ0v) is 31.7. The van der Waals surface area contributed by atoms with Crippen LogP contribution in [0.2, 0.25) is 0 Å². The lowest BCUT2D eigenvalue weighted by Gasteiger charge is -2.29. The van der Waals surface area contributed by atoms with Gasteiger partial charge in [0, 0.05) is 34.8 Å². The maximum atomic E-state index is 12.4. The lowest BCUT2D eigenvalue weighted by molar-refractivity contribution is -0.140. The number of unbranched alkanes of at least 4 members (excludes halogenated alkanes) is 4. The number of carbonyl (C=O) groups is 4. The van der Waals surface area contributed by atoms with Crippen LogP contribution in [0.15, 0.2) is 97.1 Å². The Bertz CT molecular complexity index is 1550. The molecule has 0 saturated carbocycles. The molecule has 0 amide bonds. The Labute approximate surface area is 309 Å². The minimum absolute atomic E-state index is 0.288. The second-order valence-electron chi connectivity index (χ2n) is 14.3. The zero-order chi connectivity index (χ0) is 38.3. The highest BCUT2D eigenvalue weighted by atomic mass is 16.5.